The molecular weight excluding hydrogens is 262 g/mol. The number of benzene rings is 1. The van der Waals surface area contributed by atoms with Crippen LogP contribution in [0.25, 0.3) is 0 Å². The van der Waals surface area contributed by atoms with Crippen LogP contribution in [0.4, 0.5) is 0 Å². The maximum Gasteiger partial charge on any atom is 0.137 e. The zero-order valence-electron chi connectivity index (χ0n) is 11.0. The number of hydrogen-bond donors (Lipinski definition) is 1. The molecule has 0 amide bonds. The Labute approximate surface area is 117 Å². The van der Waals surface area contributed by atoms with E-state index in [9.17, 15) is 0 Å². The van der Waals surface area contributed by atoms with Crippen LogP contribution in [0.2, 0.25) is 5.02 Å². The molecule has 5 heteroatoms. The van der Waals surface area contributed by atoms with Gasteiger partial charge < -0.3 is 10.1 Å². The molecule has 4 nitrogen and oxygen atoms in total. The van der Waals surface area contributed by atoms with E-state index in [1.165, 1.54) is 0 Å². The fourth-order valence-corrected chi connectivity index (χ4v) is 1.95. The third kappa shape index (κ3) is 3.91. The Hall–Kier alpha value is -1.65. The Morgan fingerprint density at radius 1 is 1.21 bits per heavy atom. The summed E-state index contributed by atoms with van der Waals surface area (Å²) in [7, 11) is 1.61. The van der Waals surface area contributed by atoms with Crippen molar-refractivity contribution in [2.24, 2.45) is 0 Å². The van der Waals surface area contributed by atoms with Gasteiger partial charge in [-0.05, 0) is 24.6 Å². The molecule has 100 valence electrons. The van der Waals surface area contributed by atoms with E-state index in [1.807, 2.05) is 25.1 Å². The van der Waals surface area contributed by atoms with Crippen LogP contribution in [0.1, 0.15) is 17.0 Å². The molecule has 2 rings (SSSR count). The highest BCUT2D eigenvalue weighted by Crippen LogP contribution is 2.24. The number of rotatable bonds is 5. The predicted octanol–water partition coefficient (Wildman–Crippen LogP) is 2.74. The molecule has 1 N–H and O–H groups in total. The van der Waals surface area contributed by atoms with Crippen molar-refractivity contribution in [1.82, 2.24) is 15.3 Å². The van der Waals surface area contributed by atoms with Gasteiger partial charge in [-0.25, -0.2) is 0 Å². The van der Waals surface area contributed by atoms with Gasteiger partial charge in [-0.3, -0.25) is 9.97 Å². The molecular formula is C14H16ClN3O. The Balaban J connectivity index is 1.88. The summed E-state index contributed by atoms with van der Waals surface area (Å²) in [6.45, 7) is 3.32. The standard InChI is InChI=1S/C14H16ClN3O/c1-10-6-18-12(9-17-10)8-16-7-11-3-4-14(19-2)13(15)5-11/h3-6,9,16H,7-8H2,1-2H3. The molecule has 0 saturated carbocycles. The summed E-state index contributed by atoms with van der Waals surface area (Å²) < 4.78 is 5.11. The summed E-state index contributed by atoms with van der Waals surface area (Å²) >= 11 is 6.07. The number of hydrogen-bond acceptors (Lipinski definition) is 4. The average Bonchev–Trinajstić information content (AvgIpc) is 2.41. The molecule has 0 spiro atoms. The number of methoxy groups -OCH3 is 1. The van der Waals surface area contributed by atoms with Crippen molar-refractivity contribution >= 4 is 11.6 Å². The molecule has 0 aliphatic heterocycles. The predicted molar refractivity (Wildman–Crippen MR) is 75.3 cm³/mol. The molecule has 0 bridgehead atoms. The molecule has 1 aromatic carbocycles. The lowest BCUT2D eigenvalue weighted by Crippen LogP contribution is -2.14. The molecule has 1 heterocycles. The Morgan fingerprint density at radius 3 is 2.68 bits per heavy atom. The molecule has 1 aromatic heterocycles. The van der Waals surface area contributed by atoms with Crippen molar-refractivity contribution in [2.45, 2.75) is 20.0 Å². The fourth-order valence-electron chi connectivity index (χ4n) is 1.67. The van der Waals surface area contributed by atoms with Crippen LogP contribution in [0.3, 0.4) is 0 Å². The van der Waals surface area contributed by atoms with Gasteiger partial charge in [-0.15, -0.1) is 0 Å². The summed E-state index contributed by atoms with van der Waals surface area (Å²) in [4.78, 5) is 8.48. The number of aromatic nitrogens is 2. The van der Waals surface area contributed by atoms with Gasteiger partial charge in [0.2, 0.25) is 0 Å². The van der Waals surface area contributed by atoms with Gasteiger partial charge in [0.25, 0.3) is 0 Å². The maximum atomic E-state index is 6.07. The van der Waals surface area contributed by atoms with E-state index in [-0.39, 0.29) is 0 Å². The maximum absolute atomic E-state index is 6.07. The second-order valence-corrected chi connectivity index (χ2v) is 4.63. The van der Waals surface area contributed by atoms with Gasteiger partial charge in [0.05, 0.1) is 23.5 Å². The van der Waals surface area contributed by atoms with E-state index in [4.69, 9.17) is 16.3 Å². The summed E-state index contributed by atoms with van der Waals surface area (Å²) in [6, 6.07) is 5.75. The van der Waals surface area contributed by atoms with E-state index >= 15 is 0 Å². The average molecular weight is 278 g/mol. The Morgan fingerprint density at radius 2 is 2.05 bits per heavy atom. The van der Waals surface area contributed by atoms with Gasteiger partial charge in [0.1, 0.15) is 5.75 Å². The van der Waals surface area contributed by atoms with Crippen molar-refractivity contribution in [3.8, 4) is 5.75 Å². The molecule has 0 atom stereocenters. The third-order valence-electron chi connectivity index (χ3n) is 2.69. The molecule has 19 heavy (non-hydrogen) atoms. The van der Waals surface area contributed by atoms with Gasteiger partial charge in [-0.1, -0.05) is 17.7 Å². The lowest BCUT2D eigenvalue weighted by atomic mass is 10.2. The molecule has 0 saturated heterocycles. The zero-order valence-corrected chi connectivity index (χ0v) is 11.7. The van der Waals surface area contributed by atoms with Gasteiger partial charge in [-0.2, -0.15) is 0 Å². The number of ether oxygens (including phenoxy) is 1. The minimum Gasteiger partial charge on any atom is -0.495 e. The van der Waals surface area contributed by atoms with E-state index < -0.39 is 0 Å². The normalized spacial score (nSPS) is 10.5. The first kappa shape index (κ1) is 13.8. The third-order valence-corrected chi connectivity index (χ3v) is 2.98. The van der Waals surface area contributed by atoms with Crippen LogP contribution in [0.15, 0.2) is 30.6 Å². The summed E-state index contributed by atoms with van der Waals surface area (Å²) in [5.41, 5.74) is 2.95. The lowest BCUT2D eigenvalue weighted by Gasteiger charge is -2.07. The first-order chi connectivity index (χ1) is 9.19. The summed E-state index contributed by atoms with van der Waals surface area (Å²) in [6.07, 6.45) is 3.55. The van der Waals surface area contributed by atoms with Gasteiger partial charge in [0, 0.05) is 25.5 Å². The van der Waals surface area contributed by atoms with Crippen LogP contribution in [0, 0.1) is 6.92 Å². The fraction of sp³-hybridized carbons (Fsp3) is 0.286. The summed E-state index contributed by atoms with van der Waals surface area (Å²) in [5, 5.41) is 3.92. The number of halogens is 1. The highest BCUT2D eigenvalue weighted by atomic mass is 35.5. The molecule has 0 radical (unpaired) electrons. The lowest BCUT2D eigenvalue weighted by molar-refractivity contribution is 0.415. The monoisotopic (exact) mass is 277 g/mol. The highest BCUT2D eigenvalue weighted by molar-refractivity contribution is 6.32. The topological polar surface area (TPSA) is 47.0 Å². The molecule has 0 aliphatic rings. The first-order valence-electron chi connectivity index (χ1n) is 5.99. The van der Waals surface area contributed by atoms with Gasteiger partial charge in [0.15, 0.2) is 0 Å². The minimum absolute atomic E-state index is 0.622. The minimum atomic E-state index is 0.622. The van der Waals surface area contributed by atoms with Crippen molar-refractivity contribution in [3.05, 3.63) is 52.6 Å². The van der Waals surface area contributed by atoms with E-state index in [0.717, 1.165) is 23.5 Å². The van der Waals surface area contributed by atoms with Crippen molar-refractivity contribution in [2.75, 3.05) is 7.11 Å². The van der Waals surface area contributed by atoms with E-state index in [1.54, 1.807) is 19.5 Å². The Bertz CT molecular complexity index is 543. The van der Waals surface area contributed by atoms with Crippen LogP contribution in [-0.2, 0) is 13.1 Å². The van der Waals surface area contributed by atoms with E-state index in [2.05, 4.69) is 15.3 Å². The van der Waals surface area contributed by atoms with Crippen molar-refractivity contribution in [3.63, 3.8) is 0 Å². The van der Waals surface area contributed by atoms with Crippen LogP contribution in [-0.4, -0.2) is 17.1 Å². The van der Waals surface area contributed by atoms with Crippen molar-refractivity contribution in [1.29, 1.82) is 0 Å². The van der Waals surface area contributed by atoms with Crippen molar-refractivity contribution < 1.29 is 4.74 Å². The molecule has 0 fully saturated rings. The smallest absolute Gasteiger partial charge is 0.137 e. The summed E-state index contributed by atoms with van der Waals surface area (Å²) in [5.74, 6) is 0.690. The molecule has 0 aliphatic carbocycles. The molecule has 0 unspecified atom stereocenters. The molecule has 2 aromatic rings. The second kappa shape index (κ2) is 6.50. The quantitative estimate of drug-likeness (QED) is 0.913. The van der Waals surface area contributed by atoms with E-state index in [0.29, 0.717) is 17.3 Å². The van der Waals surface area contributed by atoms with Crippen LogP contribution < -0.4 is 10.1 Å². The highest BCUT2D eigenvalue weighted by Gasteiger charge is 2.02. The first-order valence-corrected chi connectivity index (χ1v) is 6.37. The largest absolute Gasteiger partial charge is 0.495 e. The van der Waals surface area contributed by atoms with Gasteiger partial charge >= 0.3 is 0 Å². The number of nitrogens with zero attached hydrogens (tertiary/aromatic N) is 2. The number of nitrogens with one attached hydrogen (secondary N) is 1. The van der Waals surface area contributed by atoms with Crippen LogP contribution in [0.5, 0.6) is 5.75 Å². The second-order valence-electron chi connectivity index (χ2n) is 4.22. The van der Waals surface area contributed by atoms with Crippen LogP contribution >= 0.6 is 11.6 Å². The zero-order chi connectivity index (χ0) is 13.7. The number of aryl methyl sites for hydroxylation is 1. The Kier molecular flexibility index (Phi) is 4.71. The SMILES string of the molecule is COc1ccc(CNCc2cnc(C)cn2)cc1Cl.